The molecule has 5 heteroatoms. The van der Waals surface area contributed by atoms with Gasteiger partial charge in [0.25, 0.3) is 11.8 Å². The number of amides is 2. The molecule has 0 saturated heterocycles. The molecule has 0 spiro atoms. The van der Waals surface area contributed by atoms with Gasteiger partial charge in [-0.3, -0.25) is 9.59 Å². The van der Waals surface area contributed by atoms with Crippen LogP contribution in [0.2, 0.25) is 0 Å². The van der Waals surface area contributed by atoms with Crippen molar-refractivity contribution in [2.75, 3.05) is 10.6 Å². The lowest BCUT2D eigenvalue weighted by Crippen LogP contribution is -2.30. The molecule has 0 radical (unpaired) electrons. The van der Waals surface area contributed by atoms with Crippen LogP contribution in [0.4, 0.5) is 11.4 Å². The summed E-state index contributed by atoms with van der Waals surface area (Å²) in [4.78, 5) is 24.9. The molecular weight excluding hydrogens is 400 g/mol. The van der Waals surface area contributed by atoms with Crippen LogP contribution in [-0.2, 0) is 10.2 Å². The van der Waals surface area contributed by atoms with Crippen molar-refractivity contribution in [2.45, 2.75) is 46.1 Å². The highest BCUT2D eigenvalue weighted by Crippen LogP contribution is 2.25. The minimum Gasteiger partial charge on any atom is -0.481 e. The van der Waals surface area contributed by atoms with Crippen LogP contribution in [0.3, 0.4) is 0 Å². The largest absolute Gasteiger partial charge is 0.481 e. The van der Waals surface area contributed by atoms with Crippen molar-refractivity contribution >= 4 is 23.2 Å². The maximum atomic E-state index is 12.5. The van der Waals surface area contributed by atoms with Gasteiger partial charge in [-0.25, -0.2) is 0 Å². The van der Waals surface area contributed by atoms with Gasteiger partial charge in [-0.05, 0) is 73.4 Å². The highest BCUT2D eigenvalue weighted by molar-refractivity contribution is 6.04. The van der Waals surface area contributed by atoms with E-state index < -0.39 is 6.10 Å². The summed E-state index contributed by atoms with van der Waals surface area (Å²) >= 11 is 0. The van der Waals surface area contributed by atoms with Crippen LogP contribution in [0.15, 0.2) is 72.8 Å². The molecule has 1 atom stereocenters. The highest BCUT2D eigenvalue weighted by Gasteiger charge is 2.17. The number of hydrogen-bond donors (Lipinski definition) is 2. The zero-order chi connectivity index (χ0) is 23.3. The molecule has 0 saturated carbocycles. The van der Waals surface area contributed by atoms with Gasteiger partial charge in [0.15, 0.2) is 6.10 Å². The second-order valence-corrected chi connectivity index (χ2v) is 8.92. The Morgan fingerprint density at radius 2 is 1.44 bits per heavy atom. The van der Waals surface area contributed by atoms with E-state index in [0.717, 1.165) is 5.56 Å². The summed E-state index contributed by atoms with van der Waals surface area (Å²) in [5.41, 5.74) is 4.17. The van der Waals surface area contributed by atoms with E-state index in [2.05, 4.69) is 31.4 Å². The SMILES string of the molecule is Cc1cccc(C(=O)Nc2ccc(NC(=O)C(C)Oc3ccc(C(C)(C)C)cc3)cc2)c1. The second kappa shape index (κ2) is 9.69. The van der Waals surface area contributed by atoms with Gasteiger partial charge in [0.05, 0.1) is 0 Å². The van der Waals surface area contributed by atoms with Gasteiger partial charge in [-0.2, -0.15) is 0 Å². The molecule has 1 unspecified atom stereocenters. The number of benzene rings is 3. The Balaban J connectivity index is 1.55. The molecule has 0 aliphatic rings. The summed E-state index contributed by atoms with van der Waals surface area (Å²) in [6.45, 7) is 10.1. The van der Waals surface area contributed by atoms with E-state index in [1.165, 1.54) is 5.56 Å². The zero-order valence-electron chi connectivity index (χ0n) is 19.2. The quantitative estimate of drug-likeness (QED) is 0.508. The van der Waals surface area contributed by atoms with Gasteiger partial charge in [0.2, 0.25) is 0 Å². The van der Waals surface area contributed by atoms with Gasteiger partial charge in [-0.15, -0.1) is 0 Å². The van der Waals surface area contributed by atoms with Crippen LogP contribution in [0.1, 0.15) is 49.2 Å². The highest BCUT2D eigenvalue weighted by atomic mass is 16.5. The number of anilines is 2. The predicted molar refractivity (Wildman–Crippen MR) is 129 cm³/mol. The fourth-order valence-electron chi connectivity index (χ4n) is 3.16. The van der Waals surface area contributed by atoms with Crippen molar-refractivity contribution in [3.05, 3.63) is 89.5 Å². The van der Waals surface area contributed by atoms with Crippen LogP contribution in [0.25, 0.3) is 0 Å². The lowest BCUT2D eigenvalue weighted by atomic mass is 9.87. The molecule has 166 valence electrons. The Labute approximate surface area is 189 Å². The lowest BCUT2D eigenvalue weighted by Gasteiger charge is -2.20. The minimum atomic E-state index is -0.656. The lowest BCUT2D eigenvalue weighted by molar-refractivity contribution is -0.122. The maximum Gasteiger partial charge on any atom is 0.265 e. The first-order valence-corrected chi connectivity index (χ1v) is 10.7. The molecule has 0 aliphatic carbocycles. The number of rotatable bonds is 6. The number of nitrogens with one attached hydrogen (secondary N) is 2. The molecule has 3 aromatic rings. The molecule has 3 rings (SSSR count). The number of ether oxygens (including phenoxy) is 1. The standard InChI is InChI=1S/C27H30N2O3/c1-18-7-6-8-20(17-18)26(31)29-23-13-11-22(12-14-23)28-25(30)19(2)32-24-15-9-21(10-16-24)27(3,4)5/h6-17,19H,1-5H3,(H,28,30)(H,29,31). The second-order valence-electron chi connectivity index (χ2n) is 8.92. The van der Waals surface area contributed by atoms with Gasteiger partial charge in [-0.1, -0.05) is 50.6 Å². The van der Waals surface area contributed by atoms with Crippen molar-refractivity contribution in [1.82, 2.24) is 0 Å². The fraction of sp³-hybridized carbons (Fsp3) is 0.259. The molecule has 5 nitrogen and oxygen atoms in total. The number of carbonyl (C=O) groups is 2. The molecule has 0 aliphatic heterocycles. The van der Waals surface area contributed by atoms with Gasteiger partial charge in [0, 0.05) is 16.9 Å². The first-order valence-electron chi connectivity index (χ1n) is 10.7. The molecule has 0 aromatic heterocycles. The molecule has 3 aromatic carbocycles. The summed E-state index contributed by atoms with van der Waals surface area (Å²) < 4.78 is 5.78. The molecule has 0 heterocycles. The summed E-state index contributed by atoms with van der Waals surface area (Å²) in [6, 6.07) is 22.2. The average molecular weight is 431 g/mol. The van der Waals surface area contributed by atoms with E-state index in [1.807, 2.05) is 49.4 Å². The Bertz CT molecular complexity index is 1080. The van der Waals surface area contributed by atoms with E-state index in [1.54, 1.807) is 37.3 Å². The fourth-order valence-corrected chi connectivity index (χ4v) is 3.16. The molecule has 0 bridgehead atoms. The van der Waals surface area contributed by atoms with E-state index in [4.69, 9.17) is 4.74 Å². The van der Waals surface area contributed by atoms with E-state index in [0.29, 0.717) is 22.7 Å². The average Bonchev–Trinajstić information content (AvgIpc) is 2.74. The molecule has 32 heavy (non-hydrogen) atoms. The molecule has 2 N–H and O–H groups in total. The number of hydrogen-bond acceptors (Lipinski definition) is 3. The Kier molecular flexibility index (Phi) is 6.98. The Morgan fingerprint density at radius 3 is 2.00 bits per heavy atom. The Hall–Kier alpha value is -3.60. The third-order valence-corrected chi connectivity index (χ3v) is 5.09. The minimum absolute atomic E-state index is 0.0627. The van der Waals surface area contributed by atoms with Crippen molar-refractivity contribution in [2.24, 2.45) is 0 Å². The van der Waals surface area contributed by atoms with Crippen LogP contribution in [0.5, 0.6) is 5.75 Å². The van der Waals surface area contributed by atoms with Crippen molar-refractivity contribution in [3.8, 4) is 5.75 Å². The van der Waals surface area contributed by atoms with Crippen molar-refractivity contribution in [3.63, 3.8) is 0 Å². The molecule has 0 fully saturated rings. The number of carbonyl (C=O) groups excluding carboxylic acids is 2. The van der Waals surface area contributed by atoms with Gasteiger partial charge in [0.1, 0.15) is 5.75 Å². The summed E-state index contributed by atoms with van der Waals surface area (Å²) in [5, 5.41) is 5.70. The van der Waals surface area contributed by atoms with Crippen LogP contribution < -0.4 is 15.4 Å². The normalized spacial score (nSPS) is 12.0. The summed E-state index contributed by atoms with van der Waals surface area (Å²) in [6.07, 6.45) is -0.656. The summed E-state index contributed by atoms with van der Waals surface area (Å²) in [5.74, 6) is 0.223. The van der Waals surface area contributed by atoms with Crippen LogP contribution in [0, 0.1) is 6.92 Å². The van der Waals surface area contributed by atoms with E-state index in [-0.39, 0.29) is 17.2 Å². The van der Waals surface area contributed by atoms with Crippen LogP contribution >= 0.6 is 0 Å². The molecule has 2 amide bonds. The number of aryl methyl sites for hydroxylation is 1. The predicted octanol–water partition coefficient (Wildman–Crippen LogP) is 5.95. The summed E-state index contributed by atoms with van der Waals surface area (Å²) in [7, 11) is 0. The maximum absolute atomic E-state index is 12.5. The van der Waals surface area contributed by atoms with Crippen molar-refractivity contribution in [1.29, 1.82) is 0 Å². The Morgan fingerprint density at radius 1 is 0.844 bits per heavy atom. The third kappa shape index (κ3) is 6.20. The molecular formula is C27H30N2O3. The van der Waals surface area contributed by atoms with Crippen molar-refractivity contribution < 1.29 is 14.3 Å². The smallest absolute Gasteiger partial charge is 0.265 e. The third-order valence-electron chi connectivity index (χ3n) is 5.09. The van der Waals surface area contributed by atoms with Gasteiger partial charge < -0.3 is 15.4 Å². The first kappa shape index (κ1) is 23.1. The van der Waals surface area contributed by atoms with Gasteiger partial charge >= 0.3 is 0 Å². The topological polar surface area (TPSA) is 67.4 Å². The van der Waals surface area contributed by atoms with E-state index in [9.17, 15) is 9.59 Å². The monoisotopic (exact) mass is 430 g/mol. The first-order chi connectivity index (χ1) is 15.1. The zero-order valence-corrected chi connectivity index (χ0v) is 19.2. The van der Waals surface area contributed by atoms with Crippen LogP contribution in [-0.4, -0.2) is 17.9 Å². The van der Waals surface area contributed by atoms with E-state index >= 15 is 0 Å².